The van der Waals surface area contributed by atoms with Gasteiger partial charge < -0.3 is 14.3 Å². The highest BCUT2D eigenvalue weighted by Crippen LogP contribution is 2.35. The van der Waals surface area contributed by atoms with Crippen molar-refractivity contribution in [2.45, 2.75) is 6.54 Å². The van der Waals surface area contributed by atoms with E-state index in [1.807, 2.05) is 12.1 Å². The lowest BCUT2D eigenvalue weighted by atomic mass is 10.2. The minimum absolute atomic E-state index is 0.0262. The van der Waals surface area contributed by atoms with Gasteiger partial charge in [0.1, 0.15) is 5.76 Å². The molecular formula is C23H18ClN3O4S. The highest BCUT2D eigenvalue weighted by molar-refractivity contribution is 8.18. The molecule has 2 aromatic carbocycles. The number of benzene rings is 2. The van der Waals surface area contributed by atoms with Crippen LogP contribution in [0.2, 0.25) is 5.02 Å². The van der Waals surface area contributed by atoms with Crippen LogP contribution in [0.4, 0.5) is 0 Å². The van der Waals surface area contributed by atoms with Gasteiger partial charge in [0, 0.05) is 5.02 Å². The van der Waals surface area contributed by atoms with Crippen molar-refractivity contribution in [3.63, 3.8) is 0 Å². The van der Waals surface area contributed by atoms with Crippen LogP contribution >= 0.6 is 23.4 Å². The second-order valence-corrected chi connectivity index (χ2v) is 8.14. The molecule has 162 valence electrons. The molecule has 2 heterocycles. The van der Waals surface area contributed by atoms with Crippen molar-refractivity contribution in [3.8, 4) is 11.5 Å². The van der Waals surface area contributed by atoms with Crippen molar-refractivity contribution in [2.75, 3.05) is 7.11 Å². The maximum Gasteiger partial charge on any atom is 0.267 e. The van der Waals surface area contributed by atoms with Gasteiger partial charge in [-0.15, -0.1) is 5.10 Å². The Morgan fingerprint density at radius 2 is 1.97 bits per heavy atom. The third kappa shape index (κ3) is 5.04. The van der Waals surface area contributed by atoms with E-state index in [9.17, 15) is 9.90 Å². The predicted octanol–water partition coefficient (Wildman–Crippen LogP) is 5.15. The molecule has 0 unspecified atom stereocenters. The van der Waals surface area contributed by atoms with Gasteiger partial charge >= 0.3 is 0 Å². The SMILES string of the molecule is COc1cc(/C=C2\S/C(=N\N=C\c3ccc(Cl)cc3)N(Cc3ccco3)C2=O)ccc1O. The molecule has 0 aliphatic carbocycles. The topological polar surface area (TPSA) is 87.6 Å². The van der Waals surface area contributed by atoms with Crippen LogP contribution in [0.15, 0.2) is 80.4 Å². The number of rotatable bonds is 6. The second kappa shape index (κ2) is 9.76. The lowest BCUT2D eigenvalue weighted by Crippen LogP contribution is -2.28. The summed E-state index contributed by atoms with van der Waals surface area (Å²) in [6.45, 7) is 0.227. The van der Waals surface area contributed by atoms with Crippen molar-refractivity contribution in [2.24, 2.45) is 10.2 Å². The van der Waals surface area contributed by atoms with Gasteiger partial charge in [0.2, 0.25) is 0 Å². The fraction of sp³-hybridized carbons (Fsp3) is 0.0870. The van der Waals surface area contributed by atoms with Gasteiger partial charge in [-0.25, -0.2) is 0 Å². The summed E-state index contributed by atoms with van der Waals surface area (Å²) in [5.41, 5.74) is 1.54. The van der Waals surface area contributed by atoms with Gasteiger partial charge in [-0.05, 0) is 65.4 Å². The van der Waals surface area contributed by atoms with Crippen LogP contribution in [0.25, 0.3) is 6.08 Å². The third-order valence-electron chi connectivity index (χ3n) is 4.50. The van der Waals surface area contributed by atoms with Crippen LogP contribution in [0.3, 0.4) is 0 Å². The van der Waals surface area contributed by atoms with Crippen molar-refractivity contribution < 1.29 is 19.1 Å². The molecule has 0 atom stereocenters. The molecule has 7 nitrogen and oxygen atoms in total. The third-order valence-corrected chi connectivity index (χ3v) is 5.75. The van der Waals surface area contributed by atoms with Crippen LogP contribution in [0.1, 0.15) is 16.9 Å². The molecule has 4 rings (SSSR count). The van der Waals surface area contributed by atoms with Gasteiger partial charge in [0.05, 0.1) is 31.0 Å². The van der Waals surface area contributed by atoms with E-state index in [4.69, 9.17) is 20.8 Å². The molecule has 0 bridgehead atoms. The minimum Gasteiger partial charge on any atom is -0.504 e. The fourth-order valence-corrected chi connectivity index (χ4v) is 3.97. The Morgan fingerprint density at radius 1 is 1.19 bits per heavy atom. The number of thioether (sulfide) groups is 1. The lowest BCUT2D eigenvalue weighted by Gasteiger charge is -2.12. The van der Waals surface area contributed by atoms with Crippen LogP contribution in [0.5, 0.6) is 11.5 Å². The van der Waals surface area contributed by atoms with Gasteiger partial charge in [0.25, 0.3) is 5.91 Å². The molecule has 1 aliphatic heterocycles. The Morgan fingerprint density at radius 3 is 2.69 bits per heavy atom. The molecule has 1 N–H and O–H groups in total. The van der Waals surface area contributed by atoms with Gasteiger partial charge in [-0.2, -0.15) is 5.10 Å². The molecule has 1 amide bonds. The zero-order valence-corrected chi connectivity index (χ0v) is 18.5. The molecule has 0 spiro atoms. The molecule has 3 aromatic rings. The monoisotopic (exact) mass is 467 g/mol. The summed E-state index contributed by atoms with van der Waals surface area (Å²) in [6, 6.07) is 15.6. The van der Waals surface area contributed by atoms with Gasteiger partial charge in [0.15, 0.2) is 16.7 Å². The van der Waals surface area contributed by atoms with E-state index in [0.29, 0.717) is 32.2 Å². The Labute approximate surface area is 193 Å². The smallest absolute Gasteiger partial charge is 0.267 e. The average Bonchev–Trinajstić information content (AvgIpc) is 3.41. The Balaban J connectivity index is 1.62. The molecular weight excluding hydrogens is 450 g/mol. The van der Waals surface area contributed by atoms with Gasteiger partial charge in [-0.1, -0.05) is 29.8 Å². The molecule has 1 fully saturated rings. The number of methoxy groups -OCH3 is 1. The zero-order valence-electron chi connectivity index (χ0n) is 16.9. The summed E-state index contributed by atoms with van der Waals surface area (Å²) in [5.74, 6) is 0.752. The van der Waals surface area contributed by atoms with Crippen LogP contribution in [-0.2, 0) is 11.3 Å². The number of halogens is 1. The standard InChI is InChI=1S/C23H18ClN3O4S/c1-30-20-11-16(6-9-19(20)28)12-21-22(29)27(14-18-3-2-10-31-18)23(32-21)26-25-13-15-4-7-17(24)8-5-15/h2-13,28H,14H2,1H3/b21-12-,25-13+,26-23-. The summed E-state index contributed by atoms with van der Waals surface area (Å²) < 4.78 is 10.5. The number of ether oxygens (including phenoxy) is 1. The molecule has 32 heavy (non-hydrogen) atoms. The summed E-state index contributed by atoms with van der Waals surface area (Å²) in [5, 5.41) is 19.3. The number of aromatic hydroxyl groups is 1. The Kier molecular flexibility index (Phi) is 6.63. The first-order valence-electron chi connectivity index (χ1n) is 9.51. The predicted molar refractivity (Wildman–Crippen MR) is 126 cm³/mol. The van der Waals surface area contributed by atoms with E-state index in [1.165, 1.54) is 29.8 Å². The maximum atomic E-state index is 13.1. The van der Waals surface area contributed by atoms with Crippen LogP contribution in [-0.4, -0.2) is 34.4 Å². The average molecular weight is 468 g/mol. The first-order valence-corrected chi connectivity index (χ1v) is 10.7. The van der Waals surface area contributed by atoms with Crippen LogP contribution in [0, 0.1) is 0 Å². The number of phenolic OH excluding ortho intramolecular Hbond substituents is 1. The number of hydrogen-bond donors (Lipinski definition) is 1. The molecule has 1 aliphatic rings. The van der Waals surface area contributed by atoms with E-state index in [1.54, 1.807) is 55.0 Å². The molecule has 0 radical (unpaired) electrons. The summed E-state index contributed by atoms with van der Waals surface area (Å²) in [7, 11) is 1.47. The summed E-state index contributed by atoms with van der Waals surface area (Å²) in [6.07, 6.45) is 4.86. The molecule has 1 saturated heterocycles. The quantitative estimate of drug-likeness (QED) is 0.307. The van der Waals surface area contributed by atoms with E-state index < -0.39 is 0 Å². The first kappa shape index (κ1) is 21.7. The second-order valence-electron chi connectivity index (χ2n) is 6.69. The van der Waals surface area contributed by atoms with Crippen LogP contribution < -0.4 is 4.74 Å². The van der Waals surface area contributed by atoms with E-state index in [2.05, 4.69) is 10.2 Å². The number of phenols is 1. The number of hydrogen-bond acceptors (Lipinski definition) is 7. The number of amides is 1. The first-order chi connectivity index (χ1) is 15.5. The van der Waals surface area contributed by atoms with E-state index >= 15 is 0 Å². The highest BCUT2D eigenvalue weighted by atomic mass is 35.5. The largest absolute Gasteiger partial charge is 0.504 e. The lowest BCUT2D eigenvalue weighted by molar-refractivity contribution is -0.122. The molecule has 1 aromatic heterocycles. The summed E-state index contributed by atoms with van der Waals surface area (Å²) in [4.78, 5) is 15.1. The fourth-order valence-electron chi connectivity index (χ4n) is 2.91. The van der Waals surface area contributed by atoms with Crippen molar-refractivity contribution in [1.82, 2.24) is 4.90 Å². The number of nitrogens with zero attached hydrogens (tertiary/aromatic N) is 3. The van der Waals surface area contributed by atoms with Crippen molar-refractivity contribution >= 4 is 46.7 Å². The zero-order chi connectivity index (χ0) is 22.5. The Bertz CT molecular complexity index is 1200. The van der Waals surface area contributed by atoms with Gasteiger partial charge in [-0.3, -0.25) is 9.69 Å². The summed E-state index contributed by atoms with van der Waals surface area (Å²) >= 11 is 7.11. The number of amidine groups is 1. The minimum atomic E-state index is -0.223. The van der Waals surface area contributed by atoms with Crippen molar-refractivity contribution in [3.05, 3.63) is 87.7 Å². The number of carbonyl (C=O) groups is 1. The highest BCUT2D eigenvalue weighted by Gasteiger charge is 2.34. The van der Waals surface area contributed by atoms with E-state index in [-0.39, 0.29) is 18.2 Å². The molecule has 9 heteroatoms. The normalized spacial score (nSPS) is 16.6. The number of furan rings is 1. The maximum absolute atomic E-state index is 13.1. The number of carbonyl (C=O) groups excluding carboxylic acids is 1. The van der Waals surface area contributed by atoms with E-state index in [0.717, 1.165) is 5.56 Å². The molecule has 0 saturated carbocycles. The Hall–Kier alpha value is -3.49. The van der Waals surface area contributed by atoms with Crippen molar-refractivity contribution in [1.29, 1.82) is 0 Å².